The SMILES string of the molecule is c1cncc(C2NCCO2)c1. The van der Waals surface area contributed by atoms with E-state index in [1.54, 1.807) is 6.20 Å². The molecule has 11 heavy (non-hydrogen) atoms. The Morgan fingerprint density at radius 1 is 1.64 bits per heavy atom. The van der Waals surface area contributed by atoms with E-state index in [0.29, 0.717) is 0 Å². The lowest BCUT2D eigenvalue weighted by molar-refractivity contribution is 0.102. The molecule has 1 aliphatic rings. The summed E-state index contributed by atoms with van der Waals surface area (Å²) < 4.78 is 5.39. The second-order valence-corrected chi connectivity index (χ2v) is 2.49. The molecule has 2 heterocycles. The summed E-state index contributed by atoms with van der Waals surface area (Å²) in [6.45, 7) is 1.72. The minimum Gasteiger partial charge on any atom is -0.358 e. The fraction of sp³-hybridized carbons (Fsp3) is 0.375. The summed E-state index contributed by atoms with van der Waals surface area (Å²) in [7, 11) is 0. The van der Waals surface area contributed by atoms with Crippen LogP contribution in [0.3, 0.4) is 0 Å². The van der Waals surface area contributed by atoms with Crippen molar-refractivity contribution in [2.75, 3.05) is 13.2 Å². The van der Waals surface area contributed by atoms with E-state index in [9.17, 15) is 0 Å². The number of aromatic nitrogens is 1. The van der Waals surface area contributed by atoms with E-state index < -0.39 is 0 Å². The first-order valence-electron chi connectivity index (χ1n) is 3.72. The first-order chi connectivity index (χ1) is 5.47. The Morgan fingerprint density at radius 2 is 2.64 bits per heavy atom. The van der Waals surface area contributed by atoms with Crippen molar-refractivity contribution in [1.82, 2.24) is 10.3 Å². The molecule has 1 atom stereocenters. The fourth-order valence-electron chi connectivity index (χ4n) is 1.17. The summed E-state index contributed by atoms with van der Waals surface area (Å²) in [5, 5.41) is 3.21. The molecular formula is C8H10N2O. The van der Waals surface area contributed by atoms with Crippen LogP contribution in [0.15, 0.2) is 24.5 Å². The smallest absolute Gasteiger partial charge is 0.135 e. The van der Waals surface area contributed by atoms with Gasteiger partial charge in [0.2, 0.25) is 0 Å². The number of ether oxygens (including phenoxy) is 1. The molecule has 58 valence electrons. The topological polar surface area (TPSA) is 34.2 Å². The van der Waals surface area contributed by atoms with E-state index in [-0.39, 0.29) is 6.23 Å². The van der Waals surface area contributed by atoms with Gasteiger partial charge in [0.15, 0.2) is 0 Å². The second-order valence-electron chi connectivity index (χ2n) is 2.49. The van der Waals surface area contributed by atoms with E-state index in [1.165, 1.54) is 0 Å². The first-order valence-corrected chi connectivity index (χ1v) is 3.72. The normalized spacial score (nSPS) is 23.8. The molecule has 0 aromatic carbocycles. The molecule has 1 unspecified atom stereocenters. The van der Waals surface area contributed by atoms with Gasteiger partial charge < -0.3 is 4.74 Å². The Labute approximate surface area is 65.4 Å². The monoisotopic (exact) mass is 150 g/mol. The minimum absolute atomic E-state index is 0.0590. The van der Waals surface area contributed by atoms with E-state index in [2.05, 4.69) is 10.3 Å². The zero-order valence-electron chi connectivity index (χ0n) is 6.16. The van der Waals surface area contributed by atoms with Gasteiger partial charge in [0.1, 0.15) is 6.23 Å². The molecule has 1 N–H and O–H groups in total. The molecular weight excluding hydrogens is 140 g/mol. The maximum Gasteiger partial charge on any atom is 0.135 e. The van der Waals surface area contributed by atoms with Crippen LogP contribution in [0, 0.1) is 0 Å². The number of nitrogens with one attached hydrogen (secondary N) is 1. The number of nitrogens with zero attached hydrogens (tertiary/aromatic N) is 1. The Morgan fingerprint density at radius 3 is 3.27 bits per heavy atom. The molecule has 1 aromatic heterocycles. The van der Waals surface area contributed by atoms with Gasteiger partial charge in [-0.15, -0.1) is 0 Å². The third-order valence-electron chi connectivity index (χ3n) is 1.70. The molecule has 0 spiro atoms. The molecule has 0 amide bonds. The van der Waals surface area contributed by atoms with E-state index in [0.717, 1.165) is 18.7 Å². The summed E-state index contributed by atoms with van der Waals surface area (Å²) in [5.41, 5.74) is 1.10. The lowest BCUT2D eigenvalue weighted by Crippen LogP contribution is -2.13. The number of rotatable bonds is 1. The molecule has 1 saturated heterocycles. The molecule has 2 rings (SSSR count). The molecule has 1 aromatic rings. The Hall–Kier alpha value is -0.930. The van der Waals surface area contributed by atoms with Crippen LogP contribution >= 0.6 is 0 Å². The van der Waals surface area contributed by atoms with Crippen LogP contribution in [0.2, 0.25) is 0 Å². The third kappa shape index (κ3) is 1.39. The average molecular weight is 150 g/mol. The molecule has 0 aliphatic carbocycles. The highest BCUT2D eigenvalue weighted by Crippen LogP contribution is 2.15. The summed E-state index contributed by atoms with van der Waals surface area (Å²) in [6.07, 6.45) is 3.64. The summed E-state index contributed by atoms with van der Waals surface area (Å²) >= 11 is 0. The van der Waals surface area contributed by atoms with Crippen LogP contribution in [0.1, 0.15) is 11.8 Å². The molecule has 1 fully saturated rings. The van der Waals surface area contributed by atoms with Crippen LogP contribution in [0.5, 0.6) is 0 Å². The minimum atomic E-state index is 0.0590. The van der Waals surface area contributed by atoms with Gasteiger partial charge in [-0.3, -0.25) is 10.3 Å². The van der Waals surface area contributed by atoms with Gasteiger partial charge in [-0.1, -0.05) is 6.07 Å². The average Bonchev–Trinajstić information content (AvgIpc) is 2.58. The van der Waals surface area contributed by atoms with E-state index >= 15 is 0 Å². The van der Waals surface area contributed by atoms with Gasteiger partial charge in [0.05, 0.1) is 6.61 Å². The largest absolute Gasteiger partial charge is 0.358 e. The van der Waals surface area contributed by atoms with Crippen molar-refractivity contribution in [3.63, 3.8) is 0 Å². The molecule has 0 saturated carbocycles. The Bertz CT molecular complexity index is 219. The van der Waals surface area contributed by atoms with Gasteiger partial charge in [-0.25, -0.2) is 0 Å². The highest BCUT2D eigenvalue weighted by Gasteiger charge is 2.15. The van der Waals surface area contributed by atoms with Crippen LogP contribution in [0.4, 0.5) is 0 Å². The van der Waals surface area contributed by atoms with Crippen molar-refractivity contribution in [1.29, 1.82) is 0 Å². The van der Waals surface area contributed by atoms with Crippen molar-refractivity contribution < 1.29 is 4.74 Å². The quantitative estimate of drug-likeness (QED) is 0.640. The first kappa shape index (κ1) is 6.76. The summed E-state index contributed by atoms with van der Waals surface area (Å²) in [4.78, 5) is 4.01. The maximum atomic E-state index is 5.39. The standard InChI is InChI=1S/C8H10N2O/c1-2-7(6-9-3-1)8-10-4-5-11-8/h1-3,6,8,10H,4-5H2. The molecule has 0 radical (unpaired) electrons. The van der Waals surface area contributed by atoms with Crippen LogP contribution in [0.25, 0.3) is 0 Å². The Kier molecular flexibility index (Phi) is 1.83. The van der Waals surface area contributed by atoms with Crippen LogP contribution < -0.4 is 5.32 Å². The molecule has 1 aliphatic heterocycles. The zero-order chi connectivity index (χ0) is 7.52. The maximum absolute atomic E-state index is 5.39. The van der Waals surface area contributed by atoms with E-state index in [4.69, 9.17) is 4.74 Å². The Balaban J connectivity index is 2.16. The molecule has 0 bridgehead atoms. The third-order valence-corrected chi connectivity index (χ3v) is 1.70. The number of pyridine rings is 1. The predicted molar refractivity (Wildman–Crippen MR) is 40.9 cm³/mol. The van der Waals surface area contributed by atoms with Gasteiger partial charge in [-0.05, 0) is 6.07 Å². The van der Waals surface area contributed by atoms with Gasteiger partial charge in [0.25, 0.3) is 0 Å². The van der Waals surface area contributed by atoms with Crippen molar-refractivity contribution >= 4 is 0 Å². The summed E-state index contributed by atoms with van der Waals surface area (Å²) in [6, 6.07) is 3.93. The second kappa shape index (κ2) is 2.98. The number of hydrogen-bond donors (Lipinski definition) is 1. The lowest BCUT2D eigenvalue weighted by atomic mass is 10.2. The highest BCUT2D eigenvalue weighted by atomic mass is 16.5. The zero-order valence-corrected chi connectivity index (χ0v) is 6.16. The van der Waals surface area contributed by atoms with Crippen LogP contribution in [-0.2, 0) is 4.74 Å². The highest BCUT2D eigenvalue weighted by molar-refractivity contribution is 5.11. The lowest BCUT2D eigenvalue weighted by Gasteiger charge is -2.07. The molecule has 3 nitrogen and oxygen atoms in total. The molecule has 3 heteroatoms. The van der Waals surface area contributed by atoms with Crippen molar-refractivity contribution in [3.8, 4) is 0 Å². The predicted octanol–water partition coefficient (Wildman–Crippen LogP) is 0.700. The van der Waals surface area contributed by atoms with Crippen molar-refractivity contribution in [2.45, 2.75) is 6.23 Å². The number of hydrogen-bond acceptors (Lipinski definition) is 3. The van der Waals surface area contributed by atoms with Crippen molar-refractivity contribution in [2.24, 2.45) is 0 Å². The van der Waals surface area contributed by atoms with Gasteiger partial charge in [0, 0.05) is 24.5 Å². The van der Waals surface area contributed by atoms with Crippen molar-refractivity contribution in [3.05, 3.63) is 30.1 Å². The fourth-order valence-corrected chi connectivity index (χ4v) is 1.17. The van der Waals surface area contributed by atoms with Gasteiger partial charge >= 0.3 is 0 Å². The van der Waals surface area contributed by atoms with Gasteiger partial charge in [-0.2, -0.15) is 0 Å². The summed E-state index contributed by atoms with van der Waals surface area (Å²) in [5.74, 6) is 0. The van der Waals surface area contributed by atoms with E-state index in [1.807, 2.05) is 18.3 Å². The van der Waals surface area contributed by atoms with Crippen LogP contribution in [-0.4, -0.2) is 18.1 Å².